The van der Waals surface area contributed by atoms with Crippen molar-refractivity contribution in [1.29, 1.82) is 0 Å². The second-order valence-electron chi connectivity index (χ2n) is 6.44. The predicted molar refractivity (Wildman–Crippen MR) is 96.7 cm³/mol. The molecule has 1 amide bonds. The molecule has 0 saturated heterocycles. The van der Waals surface area contributed by atoms with Gasteiger partial charge in [0, 0.05) is 23.0 Å². The highest BCUT2D eigenvalue weighted by atomic mass is 32.1. The molecule has 0 aliphatic heterocycles. The second-order valence-corrected chi connectivity index (χ2v) is 7.21. The Hall–Kier alpha value is -2.81. The molecule has 3 aromatic rings. The van der Waals surface area contributed by atoms with Gasteiger partial charge in [0.15, 0.2) is 0 Å². The molecular formula is C19H13F4N3OS. The molecular weight excluding hydrogens is 394 g/mol. The Kier molecular flexibility index (Phi) is 4.62. The molecule has 1 N–H and O–H groups in total. The first kappa shape index (κ1) is 18.5. The lowest BCUT2D eigenvalue weighted by atomic mass is 10.0. The lowest BCUT2D eigenvalue weighted by Crippen LogP contribution is -2.14. The first-order valence-electron chi connectivity index (χ1n) is 8.43. The average Bonchev–Trinajstić information content (AvgIpc) is 3.39. The van der Waals surface area contributed by atoms with E-state index in [1.165, 1.54) is 18.2 Å². The fraction of sp³-hybridized carbons (Fsp3) is 0.211. The van der Waals surface area contributed by atoms with Crippen molar-refractivity contribution in [1.82, 2.24) is 9.36 Å². The summed E-state index contributed by atoms with van der Waals surface area (Å²) in [5.41, 5.74) is 0.744. The minimum absolute atomic E-state index is 0.00484. The lowest BCUT2D eigenvalue weighted by Gasteiger charge is -2.09. The molecule has 0 atom stereocenters. The number of amides is 1. The maximum Gasteiger partial charge on any atom is 0.433 e. The molecule has 2 heterocycles. The largest absolute Gasteiger partial charge is 0.433 e. The normalized spacial score (nSPS) is 14.1. The minimum Gasteiger partial charge on any atom is -0.321 e. The predicted octanol–water partition coefficient (Wildman–Crippen LogP) is 5.49. The van der Waals surface area contributed by atoms with Crippen LogP contribution in [0.5, 0.6) is 0 Å². The Labute approximate surface area is 161 Å². The molecule has 0 bridgehead atoms. The molecule has 0 radical (unpaired) electrons. The number of hydrogen-bond acceptors (Lipinski definition) is 4. The number of carbonyl (C=O) groups is 1. The van der Waals surface area contributed by atoms with E-state index in [1.807, 2.05) is 0 Å². The van der Waals surface area contributed by atoms with E-state index in [9.17, 15) is 22.4 Å². The van der Waals surface area contributed by atoms with Gasteiger partial charge in [-0.05, 0) is 54.6 Å². The number of aromatic nitrogens is 2. The van der Waals surface area contributed by atoms with E-state index in [0.29, 0.717) is 16.1 Å². The Morgan fingerprint density at radius 2 is 1.96 bits per heavy atom. The van der Waals surface area contributed by atoms with Crippen molar-refractivity contribution in [2.75, 3.05) is 5.32 Å². The molecule has 1 aromatic carbocycles. The maximum absolute atomic E-state index is 13.6. The van der Waals surface area contributed by atoms with Crippen LogP contribution in [0.25, 0.3) is 11.3 Å². The Morgan fingerprint density at radius 1 is 1.18 bits per heavy atom. The molecule has 1 aliphatic carbocycles. The summed E-state index contributed by atoms with van der Waals surface area (Å²) in [5.74, 6) is -0.808. The molecule has 1 aliphatic rings. The molecule has 9 heteroatoms. The first-order chi connectivity index (χ1) is 13.3. The molecule has 144 valence electrons. The lowest BCUT2D eigenvalue weighted by molar-refractivity contribution is -0.141. The summed E-state index contributed by atoms with van der Waals surface area (Å²) in [6.45, 7) is 0. The summed E-state index contributed by atoms with van der Waals surface area (Å²) in [7, 11) is 0. The van der Waals surface area contributed by atoms with Crippen LogP contribution in [0.1, 0.15) is 39.7 Å². The quantitative estimate of drug-likeness (QED) is 0.582. The first-order valence-corrected chi connectivity index (χ1v) is 9.20. The molecule has 1 fully saturated rings. The third-order valence-electron chi connectivity index (χ3n) is 4.33. The van der Waals surface area contributed by atoms with Gasteiger partial charge in [-0.1, -0.05) is 12.1 Å². The van der Waals surface area contributed by atoms with Crippen molar-refractivity contribution in [3.63, 3.8) is 0 Å². The molecule has 4 nitrogen and oxygen atoms in total. The number of nitrogens with one attached hydrogen (secondary N) is 1. The highest BCUT2D eigenvalue weighted by molar-refractivity contribution is 7.08. The molecule has 4 rings (SSSR count). The topological polar surface area (TPSA) is 54.9 Å². The Balaban J connectivity index is 1.66. The van der Waals surface area contributed by atoms with Crippen molar-refractivity contribution >= 4 is 23.1 Å². The van der Waals surface area contributed by atoms with Crippen molar-refractivity contribution in [2.45, 2.75) is 24.9 Å². The fourth-order valence-electron chi connectivity index (χ4n) is 2.91. The van der Waals surface area contributed by atoms with Gasteiger partial charge >= 0.3 is 6.18 Å². The molecule has 2 aromatic heterocycles. The number of carbonyl (C=O) groups excluding carboxylic acids is 1. The number of pyridine rings is 1. The number of hydrogen-bond donors (Lipinski definition) is 1. The van der Waals surface area contributed by atoms with Crippen LogP contribution in [0.3, 0.4) is 0 Å². The van der Waals surface area contributed by atoms with Crippen LogP contribution < -0.4 is 5.32 Å². The number of alkyl halides is 3. The van der Waals surface area contributed by atoms with Crippen LogP contribution in [0, 0.1) is 5.82 Å². The van der Waals surface area contributed by atoms with Crippen LogP contribution in [0.4, 0.5) is 23.2 Å². The summed E-state index contributed by atoms with van der Waals surface area (Å²) in [4.78, 5) is 16.3. The SMILES string of the molecule is O=C(Nc1ccnc(C(F)(F)F)c1)c1snc(-c2cccc(F)c2)c1C1CC1. The van der Waals surface area contributed by atoms with E-state index in [0.717, 1.165) is 42.2 Å². The number of halogens is 4. The van der Waals surface area contributed by atoms with Crippen LogP contribution in [0.2, 0.25) is 0 Å². The van der Waals surface area contributed by atoms with Gasteiger partial charge in [-0.25, -0.2) is 4.39 Å². The monoisotopic (exact) mass is 407 g/mol. The van der Waals surface area contributed by atoms with Crippen LogP contribution in [-0.4, -0.2) is 15.3 Å². The standard InChI is InChI=1S/C19H13F4N3OS/c20-12-3-1-2-11(8-12)16-15(10-4-5-10)17(28-26-16)18(27)25-13-6-7-24-14(9-13)19(21,22)23/h1-3,6-10H,4-5H2,(H,24,25,27). The summed E-state index contributed by atoms with van der Waals surface area (Å²) < 4.78 is 56.4. The van der Waals surface area contributed by atoms with Crippen molar-refractivity contribution in [3.05, 3.63) is 64.5 Å². The molecule has 28 heavy (non-hydrogen) atoms. The summed E-state index contributed by atoms with van der Waals surface area (Å²) in [6, 6.07) is 8.02. The van der Waals surface area contributed by atoms with Crippen molar-refractivity contribution in [2.24, 2.45) is 0 Å². The van der Waals surface area contributed by atoms with E-state index in [-0.39, 0.29) is 11.6 Å². The zero-order valence-corrected chi connectivity index (χ0v) is 15.1. The fourth-order valence-corrected chi connectivity index (χ4v) is 3.79. The number of anilines is 1. The van der Waals surface area contributed by atoms with Gasteiger partial charge in [-0.3, -0.25) is 9.78 Å². The summed E-state index contributed by atoms with van der Waals surface area (Å²) in [6.07, 6.45) is -1.84. The van der Waals surface area contributed by atoms with Crippen molar-refractivity contribution in [3.8, 4) is 11.3 Å². The van der Waals surface area contributed by atoms with Gasteiger partial charge in [0.2, 0.25) is 0 Å². The molecule has 0 spiro atoms. The zero-order valence-electron chi connectivity index (χ0n) is 14.3. The average molecular weight is 407 g/mol. The molecule has 0 unspecified atom stereocenters. The van der Waals surface area contributed by atoms with Gasteiger partial charge in [0.1, 0.15) is 16.4 Å². The van der Waals surface area contributed by atoms with E-state index < -0.39 is 23.6 Å². The van der Waals surface area contributed by atoms with E-state index in [1.54, 1.807) is 12.1 Å². The Bertz CT molecular complexity index is 1040. The Morgan fingerprint density at radius 3 is 2.64 bits per heavy atom. The highest BCUT2D eigenvalue weighted by Crippen LogP contribution is 2.47. The van der Waals surface area contributed by atoms with Crippen molar-refractivity contribution < 1.29 is 22.4 Å². The van der Waals surface area contributed by atoms with Crippen LogP contribution >= 0.6 is 11.5 Å². The summed E-state index contributed by atoms with van der Waals surface area (Å²) >= 11 is 0.960. The van der Waals surface area contributed by atoms with Gasteiger partial charge < -0.3 is 5.32 Å². The third-order valence-corrected chi connectivity index (χ3v) is 5.19. The van der Waals surface area contributed by atoms with Gasteiger partial charge in [0.05, 0.1) is 5.69 Å². The summed E-state index contributed by atoms with van der Waals surface area (Å²) in [5, 5.41) is 2.49. The van der Waals surface area contributed by atoms with E-state index in [2.05, 4.69) is 14.7 Å². The van der Waals surface area contributed by atoms with Gasteiger partial charge in [0.25, 0.3) is 5.91 Å². The van der Waals surface area contributed by atoms with Crippen LogP contribution in [-0.2, 0) is 6.18 Å². The highest BCUT2D eigenvalue weighted by Gasteiger charge is 2.35. The number of rotatable bonds is 4. The van der Waals surface area contributed by atoms with Crippen LogP contribution in [0.15, 0.2) is 42.6 Å². The second kappa shape index (κ2) is 6.97. The van der Waals surface area contributed by atoms with Gasteiger partial charge in [-0.15, -0.1) is 0 Å². The third kappa shape index (κ3) is 3.75. The number of benzene rings is 1. The maximum atomic E-state index is 13.6. The minimum atomic E-state index is -4.60. The van der Waals surface area contributed by atoms with E-state index in [4.69, 9.17) is 0 Å². The smallest absolute Gasteiger partial charge is 0.321 e. The van der Waals surface area contributed by atoms with Gasteiger partial charge in [-0.2, -0.15) is 17.5 Å². The zero-order chi connectivity index (χ0) is 19.9. The molecule has 1 saturated carbocycles. The van der Waals surface area contributed by atoms with E-state index >= 15 is 0 Å². The number of nitrogens with zero attached hydrogens (tertiary/aromatic N) is 2.